The van der Waals surface area contributed by atoms with Crippen molar-refractivity contribution in [1.82, 2.24) is 34.8 Å². The Labute approximate surface area is 316 Å². The average molecular weight is 715 g/mol. The normalized spacial score (nSPS) is 13.7. The van der Waals surface area contributed by atoms with Gasteiger partial charge in [-0.2, -0.15) is 10.2 Å². The summed E-state index contributed by atoms with van der Waals surface area (Å²) in [5, 5.41) is 18.4. The summed E-state index contributed by atoms with van der Waals surface area (Å²) in [5.74, 6) is 0.874. The highest BCUT2D eigenvalue weighted by atomic mass is 16.1. The van der Waals surface area contributed by atoms with Crippen molar-refractivity contribution in [3.8, 4) is 5.69 Å². The molecule has 9 heteroatoms. The highest BCUT2D eigenvalue weighted by Gasteiger charge is 2.38. The molecule has 0 radical (unpaired) electrons. The van der Waals surface area contributed by atoms with Crippen LogP contribution in [0.4, 0.5) is 5.82 Å². The molecule has 0 aliphatic carbocycles. The minimum Gasteiger partial charge on any atom is -0.356 e. The molecule has 1 fully saturated rings. The number of nitrogens with one attached hydrogen (secondary N) is 1. The number of piperidine rings is 1. The smallest absolute Gasteiger partial charge is 0.223 e. The summed E-state index contributed by atoms with van der Waals surface area (Å²) in [5.41, 5.74) is 8.90. The SMILES string of the molecule is Cc1ccc(-n2nc3c(N4CCC(C(=O)NCCCc5cn(C(c6ccccc6)(c6ccccc6)c6ccccc6)cn5)CC4)nnc(C)c3c2C)cc1. The lowest BCUT2D eigenvalue weighted by Crippen LogP contribution is -2.41. The third kappa shape index (κ3) is 6.55. The van der Waals surface area contributed by atoms with Crippen LogP contribution in [0.3, 0.4) is 0 Å². The van der Waals surface area contributed by atoms with Gasteiger partial charge in [0, 0.05) is 31.7 Å². The monoisotopic (exact) mass is 714 g/mol. The Bertz CT molecular complexity index is 2250. The van der Waals surface area contributed by atoms with E-state index in [-0.39, 0.29) is 11.8 Å². The highest BCUT2D eigenvalue weighted by Crippen LogP contribution is 2.41. The number of fused-ring (bicyclic) bond motifs is 1. The molecule has 8 rings (SSSR count). The maximum absolute atomic E-state index is 13.4. The molecule has 0 bridgehead atoms. The van der Waals surface area contributed by atoms with E-state index in [0.717, 1.165) is 95.0 Å². The first kappa shape index (κ1) is 35.0. The molecule has 1 aliphatic heterocycles. The van der Waals surface area contributed by atoms with Gasteiger partial charge >= 0.3 is 0 Å². The zero-order valence-electron chi connectivity index (χ0n) is 31.2. The van der Waals surface area contributed by atoms with Crippen molar-refractivity contribution in [2.45, 2.75) is 52.0 Å². The summed E-state index contributed by atoms with van der Waals surface area (Å²) in [6.45, 7) is 8.22. The third-order valence-electron chi connectivity index (χ3n) is 10.9. The number of imidazole rings is 1. The Kier molecular flexibility index (Phi) is 9.78. The molecule has 54 heavy (non-hydrogen) atoms. The van der Waals surface area contributed by atoms with E-state index in [4.69, 9.17) is 10.1 Å². The largest absolute Gasteiger partial charge is 0.356 e. The Balaban J connectivity index is 0.912. The van der Waals surface area contributed by atoms with Crippen LogP contribution in [0.1, 0.15) is 58.6 Å². The van der Waals surface area contributed by atoms with E-state index < -0.39 is 5.54 Å². The minimum atomic E-state index is -0.589. The van der Waals surface area contributed by atoms with Crippen LogP contribution >= 0.6 is 0 Å². The number of carbonyl (C=O) groups excluding carboxylic acids is 1. The van der Waals surface area contributed by atoms with Crippen molar-refractivity contribution in [3.63, 3.8) is 0 Å². The Morgan fingerprint density at radius 3 is 1.96 bits per heavy atom. The van der Waals surface area contributed by atoms with Crippen LogP contribution in [-0.4, -0.2) is 55.1 Å². The second kappa shape index (κ2) is 15.1. The number of carbonyl (C=O) groups is 1. The minimum absolute atomic E-state index is 0.0376. The second-order valence-electron chi connectivity index (χ2n) is 14.4. The number of anilines is 1. The van der Waals surface area contributed by atoms with Crippen LogP contribution in [0.5, 0.6) is 0 Å². The third-order valence-corrected chi connectivity index (χ3v) is 10.9. The fourth-order valence-electron chi connectivity index (χ4n) is 8.10. The first-order chi connectivity index (χ1) is 26.4. The maximum atomic E-state index is 13.4. The Hall–Kier alpha value is -6.09. The molecule has 1 amide bonds. The van der Waals surface area contributed by atoms with Crippen LogP contribution in [0, 0.1) is 26.7 Å². The van der Waals surface area contributed by atoms with Gasteiger partial charge in [0.05, 0.1) is 34.5 Å². The quantitative estimate of drug-likeness (QED) is 0.109. The molecule has 7 aromatic rings. The molecule has 0 unspecified atom stereocenters. The van der Waals surface area contributed by atoms with E-state index in [9.17, 15) is 4.79 Å². The molecule has 1 N–H and O–H groups in total. The molecular weight excluding hydrogens is 669 g/mol. The molecule has 1 aliphatic rings. The molecule has 272 valence electrons. The lowest BCUT2D eigenvalue weighted by Gasteiger charge is -2.37. The van der Waals surface area contributed by atoms with Gasteiger partial charge in [0.2, 0.25) is 5.91 Å². The van der Waals surface area contributed by atoms with E-state index in [2.05, 4.69) is 160 Å². The van der Waals surface area contributed by atoms with Crippen molar-refractivity contribution in [1.29, 1.82) is 0 Å². The van der Waals surface area contributed by atoms with Gasteiger partial charge < -0.3 is 14.8 Å². The predicted octanol–water partition coefficient (Wildman–Crippen LogP) is 7.74. The molecular formula is C45H46N8O. The van der Waals surface area contributed by atoms with E-state index in [1.54, 1.807) is 0 Å². The number of hydrogen-bond acceptors (Lipinski definition) is 6. The summed E-state index contributed by atoms with van der Waals surface area (Å²) in [7, 11) is 0. The predicted molar refractivity (Wildman–Crippen MR) is 214 cm³/mol. The van der Waals surface area contributed by atoms with Gasteiger partial charge in [-0.05, 0) is 75.3 Å². The molecule has 1 saturated heterocycles. The number of hydrogen-bond donors (Lipinski definition) is 1. The van der Waals surface area contributed by atoms with Gasteiger partial charge in [-0.3, -0.25) is 4.79 Å². The van der Waals surface area contributed by atoms with Crippen molar-refractivity contribution in [2.24, 2.45) is 5.92 Å². The number of benzene rings is 4. The molecule has 9 nitrogen and oxygen atoms in total. The van der Waals surface area contributed by atoms with E-state index in [1.807, 2.05) is 17.9 Å². The summed E-state index contributed by atoms with van der Waals surface area (Å²) in [6, 6.07) is 40.3. The fraction of sp³-hybridized carbons (Fsp3) is 0.267. The van der Waals surface area contributed by atoms with Crippen molar-refractivity contribution in [2.75, 3.05) is 24.5 Å². The van der Waals surface area contributed by atoms with Crippen LogP contribution in [0.2, 0.25) is 0 Å². The number of aromatic nitrogens is 6. The molecule has 0 saturated carbocycles. The van der Waals surface area contributed by atoms with Crippen LogP contribution < -0.4 is 10.2 Å². The van der Waals surface area contributed by atoms with Gasteiger partial charge in [0.25, 0.3) is 0 Å². The zero-order chi connectivity index (χ0) is 37.1. The standard InChI is InChI=1S/C45H46N8O/c1-32-21-23-40(24-22-32)53-34(3)41-33(2)48-49-43(42(41)50-53)51-28-25-35(26-29-51)44(54)46-27-13-20-39-30-52(31-47-39)45(36-14-7-4-8-15-36,37-16-9-5-10-17-37)38-18-11-6-12-19-38/h4-12,14-19,21-24,30-31,35H,13,20,25-29H2,1-3H3,(H,46,54). The van der Waals surface area contributed by atoms with Crippen LogP contribution in [-0.2, 0) is 16.8 Å². The number of rotatable bonds is 11. The van der Waals surface area contributed by atoms with Gasteiger partial charge in [-0.15, -0.1) is 5.10 Å². The van der Waals surface area contributed by atoms with Gasteiger partial charge in [0.1, 0.15) is 11.1 Å². The Morgan fingerprint density at radius 2 is 1.37 bits per heavy atom. The summed E-state index contributed by atoms with van der Waals surface area (Å²) in [4.78, 5) is 20.5. The van der Waals surface area contributed by atoms with Crippen molar-refractivity contribution < 1.29 is 4.79 Å². The number of nitrogens with zero attached hydrogens (tertiary/aromatic N) is 7. The highest BCUT2D eigenvalue weighted by molar-refractivity contribution is 5.92. The van der Waals surface area contributed by atoms with E-state index in [1.165, 1.54) is 5.56 Å². The van der Waals surface area contributed by atoms with Crippen molar-refractivity contribution >= 4 is 22.6 Å². The summed E-state index contributed by atoms with van der Waals surface area (Å²) in [6.07, 6.45) is 7.19. The topological polar surface area (TPSA) is 93.8 Å². The first-order valence-corrected chi connectivity index (χ1v) is 19.0. The van der Waals surface area contributed by atoms with Crippen molar-refractivity contribution in [3.05, 3.63) is 167 Å². The zero-order valence-corrected chi connectivity index (χ0v) is 31.2. The molecule has 4 aromatic carbocycles. The average Bonchev–Trinajstić information content (AvgIpc) is 3.84. The molecule has 3 aromatic heterocycles. The van der Waals surface area contributed by atoms with Gasteiger partial charge in [-0.1, -0.05) is 109 Å². The lowest BCUT2D eigenvalue weighted by molar-refractivity contribution is -0.125. The molecule has 0 atom stereocenters. The molecule has 4 heterocycles. The fourth-order valence-corrected chi connectivity index (χ4v) is 8.10. The molecule has 0 spiro atoms. The van der Waals surface area contributed by atoms with Crippen LogP contribution in [0.25, 0.3) is 16.6 Å². The summed E-state index contributed by atoms with van der Waals surface area (Å²) < 4.78 is 4.23. The summed E-state index contributed by atoms with van der Waals surface area (Å²) >= 11 is 0. The van der Waals surface area contributed by atoms with E-state index in [0.29, 0.717) is 6.54 Å². The number of amides is 1. The van der Waals surface area contributed by atoms with E-state index >= 15 is 0 Å². The Morgan fingerprint density at radius 1 is 0.778 bits per heavy atom. The van der Waals surface area contributed by atoms with Gasteiger partial charge in [0.15, 0.2) is 5.82 Å². The number of aryl methyl sites for hydroxylation is 4. The van der Waals surface area contributed by atoms with Gasteiger partial charge in [-0.25, -0.2) is 9.67 Å². The lowest BCUT2D eigenvalue weighted by atomic mass is 9.77. The van der Waals surface area contributed by atoms with Crippen LogP contribution in [0.15, 0.2) is 128 Å². The second-order valence-corrected chi connectivity index (χ2v) is 14.4. The first-order valence-electron chi connectivity index (χ1n) is 19.0. The maximum Gasteiger partial charge on any atom is 0.223 e.